The van der Waals surface area contributed by atoms with E-state index in [4.69, 9.17) is 14.6 Å². The predicted octanol–water partition coefficient (Wildman–Crippen LogP) is 8.63. The predicted molar refractivity (Wildman–Crippen MR) is 275 cm³/mol. The number of carbonyl (C=O) groups is 8. The second kappa shape index (κ2) is 23.6. The summed E-state index contributed by atoms with van der Waals surface area (Å²) >= 11 is 0. The Morgan fingerprint density at radius 2 is 1.09 bits per heavy atom. The molecule has 4 heterocycles. The number of hydrogen-bond donors (Lipinski definition) is 6. The summed E-state index contributed by atoms with van der Waals surface area (Å²) in [5.41, 5.74) is 0.775. The summed E-state index contributed by atoms with van der Waals surface area (Å²) in [6.07, 6.45) is 5.46. The number of anilines is 2. The van der Waals surface area contributed by atoms with Gasteiger partial charge in [0.2, 0.25) is 29.0 Å². The Bertz CT molecular complexity index is 2590. The van der Waals surface area contributed by atoms with Crippen molar-refractivity contribution in [3.63, 3.8) is 0 Å². The first-order valence-corrected chi connectivity index (χ1v) is 25.9. The molecule has 6 N–H and O–H groups in total. The van der Waals surface area contributed by atoms with Crippen LogP contribution in [0.15, 0.2) is 36.4 Å². The van der Waals surface area contributed by atoms with Crippen LogP contribution < -0.4 is 26.6 Å². The number of ether oxygens (including phenoxy) is 2. The van der Waals surface area contributed by atoms with Crippen LogP contribution in [0.4, 0.5) is 48.1 Å². The van der Waals surface area contributed by atoms with Gasteiger partial charge in [-0.25, -0.2) is 46.5 Å². The summed E-state index contributed by atoms with van der Waals surface area (Å²) in [7, 11) is 2.99. The van der Waals surface area contributed by atoms with Gasteiger partial charge in [0.05, 0.1) is 0 Å². The van der Waals surface area contributed by atoms with Crippen molar-refractivity contribution in [3.05, 3.63) is 58.7 Å². The van der Waals surface area contributed by atoms with E-state index in [1.807, 2.05) is 6.92 Å². The van der Waals surface area contributed by atoms with Gasteiger partial charge in [0.25, 0.3) is 11.8 Å². The fourth-order valence-corrected chi connectivity index (χ4v) is 12.4. The van der Waals surface area contributed by atoms with Crippen molar-refractivity contribution in [2.75, 3.05) is 37.8 Å². The number of carboxylic acid groups (broad SMARTS) is 1. The first-order valence-electron chi connectivity index (χ1n) is 25.9. The monoisotopic (exact) mass is 1090 g/mol. The molecular formula is C54H74F4N8O11. The maximum Gasteiger partial charge on any atom is 0.418 e. The van der Waals surface area contributed by atoms with Gasteiger partial charge in [-0.3, -0.25) is 19.2 Å². The van der Waals surface area contributed by atoms with Gasteiger partial charge in [0.1, 0.15) is 13.1 Å². The highest BCUT2D eigenvalue weighted by Crippen LogP contribution is 2.48. The Hall–Kier alpha value is -6.52. The number of alkyl halides is 4. The van der Waals surface area contributed by atoms with Gasteiger partial charge < -0.3 is 46.1 Å². The molecule has 6 fully saturated rings. The molecule has 0 unspecified atom stereocenters. The molecule has 19 nitrogen and oxygen atoms in total. The largest absolute Gasteiger partial charge is 0.480 e. The SMILES string of the molecule is C.C.CNC(=O)Nc1ccc2c(c1)CC[C@@]21OC(=O)N(CC(=O)N2[C@@H](C)CC[C@H]2C2CCC(F)(F)CC2)C1=O.CNC(=O)Nc1ccc2c(c1)CC[C@@]21OC(=O)N(CC(=O)O)C1=O.C[C@H]1CC[C@@H](C2CCC(F)(F)CC2)N1. The lowest BCUT2D eigenvalue weighted by Gasteiger charge is -2.38. The van der Waals surface area contributed by atoms with E-state index in [1.165, 1.54) is 26.9 Å². The molecular weight excluding hydrogens is 1010 g/mol. The van der Waals surface area contributed by atoms with Crippen molar-refractivity contribution in [3.8, 4) is 0 Å². The molecule has 4 aliphatic heterocycles. The molecule has 2 spiro atoms. The van der Waals surface area contributed by atoms with Crippen molar-refractivity contribution < 1.29 is 70.5 Å². The van der Waals surface area contributed by atoms with Crippen molar-refractivity contribution in [1.29, 1.82) is 0 Å². The average molecular weight is 1090 g/mol. The molecule has 9 amide bonds. The van der Waals surface area contributed by atoms with Gasteiger partial charge in [-0.2, -0.15) is 0 Å². The molecule has 2 aromatic rings. The summed E-state index contributed by atoms with van der Waals surface area (Å²) in [5, 5.41) is 22.5. The van der Waals surface area contributed by atoms with Crippen LogP contribution in [0.5, 0.6) is 0 Å². The second-order valence-electron chi connectivity index (χ2n) is 21.2. The molecule has 0 aromatic heterocycles. The topological polar surface area (TPSA) is 245 Å². The number of rotatable bonds is 8. The third kappa shape index (κ3) is 12.4. The number of nitrogens with zero attached hydrogens (tertiary/aromatic N) is 3. The van der Waals surface area contributed by atoms with Crippen LogP contribution in [-0.2, 0) is 52.7 Å². The minimum absolute atomic E-state index is 0. The summed E-state index contributed by atoms with van der Waals surface area (Å²) < 4.78 is 64.2. The molecule has 10 rings (SSSR count). The van der Waals surface area contributed by atoms with E-state index in [9.17, 15) is 55.9 Å². The summed E-state index contributed by atoms with van der Waals surface area (Å²) in [5.74, 6) is -7.43. The van der Waals surface area contributed by atoms with Crippen molar-refractivity contribution in [1.82, 2.24) is 30.7 Å². The highest BCUT2D eigenvalue weighted by molar-refractivity contribution is 6.07. The zero-order valence-corrected chi connectivity index (χ0v) is 42.5. The van der Waals surface area contributed by atoms with Crippen LogP contribution in [0.25, 0.3) is 0 Å². The van der Waals surface area contributed by atoms with Gasteiger partial charge in [-0.05, 0) is 125 Å². The number of imide groups is 2. The minimum atomic E-state index is -2.65. The van der Waals surface area contributed by atoms with Crippen molar-refractivity contribution in [2.24, 2.45) is 11.8 Å². The van der Waals surface area contributed by atoms with Gasteiger partial charge in [0.15, 0.2) is 0 Å². The fourth-order valence-electron chi connectivity index (χ4n) is 12.4. The number of amides is 9. The minimum Gasteiger partial charge on any atom is -0.480 e. The quantitative estimate of drug-likeness (QED) is 0.136. The van der Waals surface area contributed by atoms with Crippen LogP contribution in [0.3, 0.4) is 0 Å². The van der Waals surface area contributed by atoms with Gasteiger partial charge >= 0.3 is 30.2 Å². The lowest BCUT2D eigenvalue weighted by atomic mass is 9.81. The molecule has 4 saturated heterocycles. The maximum atomic E-state index is 13.7. The first-order chi connectivity index (χ1) is 35.5. The molecule has 2 aromatic carbocycles. The average Bonchev–Trinajstić information content (AvgIpc) is 4.25. The Balaban J connectivity index is 0.000000205. The standard InChI is InChI=1S/C26H32F2N4O5.C15H15N3O6.C11H19F2N.2CH4/c1-15-3-6-20(16-7-10-25(27,28)11-8-16)32(15)21(33)14-31-22(34)26(37-24(31)36)12-9-17-13-18(4-5-19(17)26)30-23(35)29-2;1-16-13(22)17-9-2-3-10-8(6-9)4-5-15(10)12(21)18(7-11(19)20)14(23)24-15;1-8-2-3-10(14-8)9-4-6-11(12,13)7-5-9;;/h4-5,13,15-16,20H,3,6-12,14H2,1-2H3,(H2,29,30,35);2-3,6H,4-5,7H2,1H3,(H,19,20)(H2,16,17,22);8-10,14H,2-7H2,1H3;2*1H4/t15-,20-,26+;15-;8-,10-;;/m010../s1. The highest BCUT2D eigenvalue weighted by atomic mass is 19.3. The van der Waals surface area contributed by atoms with E-state index in [-0.39, 0.29) is 89.3 Å². The lowest BCUT2D eigenvalue weighted by Crippen LogP contribution is -2.50. The molecule has 4 aliphatic carbocycles. The van der Waals surface area contributed by atoms with Crippen LogP contribution in [0.1, 0.15) is 141 Å². The van der Waals surface area contributed by atoms with Gasteiger partial charge in [-0.1, -0.05) is 27.0 Å². The third-order valence-electron chi connectivity index (χ3n) is 16.3. The van der Waals surface area contributed by atoms with Gasteiger partial charge in [0, 0.05) is 99.3 Å². The smallest absolute Gasteiger partial charge is 0.418 e. The third-order valence-corrected chi connectivity index (χ3v) is 16.3. The molecule has 8 aliphatic rings. The number of carbonyl (C=O) groups excluding carboxylic acids is 7. The zero-order valence-electron chi connectivity index (χ0n) is 42.5. The molecule has 2 saturated carbocycles. The van der Waals surface area contributed by atoms with E-state index in [0.717, 1.165) is 28.9 Å². The summed E-state index contributed by atoms with van der Waals surface area (Å²) in [6.45, 7) is 2.93. The molecule has 0 radical (unpaired) electrons. The maximum absolute atomic E-state index is 13.7. The number of fused-ring (bicyclic) bond motifs is 4. The number of benzene rings is 2. The van der Waals surface area contributed by atoms with E-state index in [0.29, 0.717) is 83.9 Å². The van der Waals surface area contributed by atoms with E-state index in [2.05, 4.69) is 33.5 Å². The van der Waals surface area contributed by atoms with Crippen LogP contribution >= 0.6 is 0 Å². The number of likely N-dealkylation sites (tertiary alicyclic amines) is 1. The van der Waals surface area contributed by atoms with Crippen molar-refractivity contribution >= 4 is 59.3 Å². The lowest BCUT2D eigenvalue weighted by molar-refractivity contribution is -0.144. The Labute approximate surface area is 446 Å². The van der Waals surface area contributed by atoms with E-state index in [1.54, 1.807) is 41.3 Å². The molecule has 6 atom stereocenters. The van der Waals surface area contributed by atoms with Crippen molar-refractivity contribution in [2.45, 2.75) is 179 Å². The number of nitrogens with one attached hydrogen (secondary N) is 5. The number of aryl methyl sites for hydroxylation is 2. The van der Waals surface area contributed by atoms with Crippen LogP contribution in [-0.4, -0.2) is 131 Å². The summed E-state index contributed by atoms with van der Waals surface area (Å²) in [4.78, 5) is 101. The Morgan fingerprint density at radius 1 is 0.636 bits per heavy atom. The zero-order chi connectivity index (χ0) is 54.2. The molecule has 0 bridgehead atoms. The summed E-state index contributed by atoms with van der Waals surface area (Å²) in [6, 6.07) is 10.1. The number of aliphatic carboxylic acids is 1. The Kier molecular flexibility index (Phi) is 18.3. The van der Waals surface area contributed by atoms with E-state index < -0.39 is 66.1 Å². The molecule has 77 heavy (non-hydrogen) atoms. The van der Waals surface area contributed by atoms with E-state index >= 15 is 0 Å². The first kappa shape index (κ1) is 59.7. The molecule has 424 valence electrons. The second-order valence-corrected chi connectivity index (χ2v) is 21.2. The number of halogens is 4. The molecule has 23 heteroatoms. The van der Waals surface area contributed by atoms with Crippen LogP contribution in [0.2, 0.25) is 0 Å². The normalized spacial score (nSPS) is 27.7. The number of urea groups is 2. The number of hydrogen-bond acceptors (Lipinski definition) is 11. The number of carboxylic acids is 1. The fraction of sp³-hybridized carbons (Fsp3) is 0.630. The Morgan fingerprint density at radius 3 is 1.52 bits per heavy atom. The van der Waals surface area contributed by atoms with Crippen LogP contribution in [0, 0.1) is 11.8 Å². The van der Waals surface area contributed by atoms with Gasteiger partial charge in [-0.15, -0.1) is 0 Å². The highest BCUT2D eigenvalue weighted by Gasteiger charge is 2.60.